The molecule has 1 aromatic heterocycles. The summed E-state index contributed by atoms with van der Waals surface area (Å²) in [5.41, 5.74) is 13.6. The van der Waals surface area contributed by atoms with Crippen molar-refractivity contribution in [2.24, 2.45) is 11.7 Å². The predicted octanol–water partition coefficient (Wildman–Crippen LogP) is 1.46. The van der Waals surface area contributed by atoms with Crippen LogP contribution < -0.4 is 11.5 Å². The maximum Gasteiger partial charge on any atom is 0.0393 e. The van der Waals surface area contributed by atoms with Crippen LogP contribution in [-0.2, 0) is 0 Å². The topological polar surface area (TPSA) is 64.9 Å². The number of nitrogen functional groups attached to an aromatic ring is 1. The number of pyridine rings is 1. The minimum atomic E-state index is 0.0706. The van der Waals surface area contributed by atoms with Crippen LogP contribution in [-0.4, -0.2) is 4.98 Å². The van der Waals surface area contributed by atoms with Crippen molar-refractivity contribution >= 4 is 5.69 Å². The lowest BCUT2D eigenvalue weighted by Gasteiger charge is -2.12. The van der Waals surface area contributed by atoms with Crippen molar-refractivity contribution in [2.75, 3.05) is 5.73 Å². The fourth-order valence-electron chi connectivity index (χ4n) is 1.57. The molecule has 1 aromatic rings. The number of hydrogen-bond donors (Lipinski definition) is 2. The summed E-state index contributed by atoms with van der Waals surface area (Å²) in [6.45, 7) is 0. The first-order valence-corrected chi connectivity index (χ1v) is 4.72. The molecule has 1 heterocycles. The molecule has 3 heteroatoms. The van der Waals surface area contributed by atoms with Crippen LogP contribution in [0.3, 0.4) is 0 Å². The van der Waals surface area contributed by atoms with Crippen LogP contribution in [0.15, 0.2) is 18.5 Å². The first-order valence-electron chi connectivity index (χ1n) is 4.72. The molecule has 0 aromatic carbocycles. The van der Waals surface area contributed by atoms with Crippen molar-refractivity contribution in [3.8, 4) is 0 Å². The molecule has 0 radical (unpaired) electrons. The molecule has 0 spiro atoms. The third kappa shape index (κ3) is 1.98. The van der Waals surface area contributed by atoms with Gasteiger partial charge in [0.05, 0.1) is 0 Å². The van der Waals surface area contributed by atoms with Crippen molar-refractivity contribution in [3.63, 3.8) is 0 Å². The van der Waals surface area contributed by atoms with Gasteiger partial charge >= 0.3 is 0 Å². The van der Waals surface area contributed by atoms with Gasteiger partial charge < -0.3 is 11.5 Å². The molecule has 1 aliphatic rings. The van der Waals surface area contributed by atoms with E-state index in [0.717, 1.165) is 23.6 Å². The summed E-state index contributed by atoms with van der Waals surface area (Å²) in [6, 6.07) is 1.88. The third-order valence-corrected chi connectivity index (χ3v) is 2.57. The SMILES string of the molecule is Nc1ccncc1C(N)CC1CC1. The summed E-state index contributed by atoms with van der Waals surface area (Å²) < 4.78 is 0. The van der Waals surface area contributed by atoms with Crippen molar-refractivity contribution < 1.29 is 0 Å². The van der Waals surface area contributed by atoms with E-state index in [4.69, 9.17) is 11.5 Å². The Morgan fingerprint density at radius 3 is 2.92 bits per heavy atom. The molecule has 0 saturated heterocycles. The van der Waals surface area contributed by atoms with Crippen LogP contribution in [0.1, 0.15) is 30.9 Å². The molecule has 0 aliphatic heterocycles. The zero-order valence-corrected chi connectivity index (χ0v) is 7.61. The van der Waals surface area contributed by atoms with Gasteiger partial charge in [-0.1, -0.05) is 12.8 Å². The lowest BCUT2D eigenvalue weighted by molar-refractivity contribution is 0.597. The van der Waals surface area contributed by atoms with Gasteiger partial charge in [-0.05, 0) is 18.4 Å². The second kappa shape index (κ2) is 3.34. The number of nitrogens with zero attached hydrogens (tertiary/aromatic N) is 1. The average molecular weight is 177 g/mol. The number of hydrogen-bond acceptors (Lipinski definition) is 3. The Kier molecular flexibility index (Phi) is 2.19. The molecule has 1 fully saturated rings. The van der Waals surface area contributed by atoms with E-state index in [2.05, 4.69) is 4.98 Å². The number of rotatable bonds is 3. The Labute approximate surface area is 78.1 Å². The van der Waals surface area contributed by atoms with Gasteiger partial charge in [0, 0.05) is 29.7 Å². The Bertz CT molecular complexity index is 294. The van der Waals surface area contributed by atoms with E-state index in [1.165, 1.54) is 12.8 Å². The smallest absolute Gasteiger partial charge is 0.0393 e. The van der Waals surface area contributed by atoms with Gasteiger partial charge in [-0.25, -0.2) is 0 Å². The van der Waals surface area contributed by atoms with Crippen LogP contribution in [0.4, 0.5) is 5.69 Å². The van der Waals surface area contributed by atoms with Crippen molar-refractivity contribution in [2.45, 2.75) is 25.3 Å². The van der Waals surface area contributed by atoms with Crippen molar-refractivity contribution in [1.29, 1.82) is 0 Å². The Hall–Kier alpha value is -1.09. The second-order valence-electron chi connectivity index (χ2n) is 3.79. The van der Waals surface area contributed by atoms with Crippen LogP contribution in [0.25, 0.3) is 0 Å². The molecule has 70 valence electrons. The van der Waals surface area contributed by atoms with Gasteiger partial charge in [-0.2, -0.15) is 0 Å². The molecule has 2 rings (SSSR count). The molecule has 1 unspecified atom stereocenters. The van der Waals surface area contributed by atoms with Gasteiger partial charge in [-0.3, -0.25) is 4.98 Å². The first kappa shape index (κ1) is 8.51. The van der Waals surface area contributed by atoms with E-state index in [-0.39, 0.29) is 6.04 Å². The minimum absolute atomic E-state index is 0.0706. The Morgan fingerprint density at radius 1 is 1.54 bits per heavy atom. The molecule has 1 saturated carbocycles. The van der Waals surface area contributed by atoms with E-state index in [1.54, 1.807) is 12.4 Å². The summed E-state index contributed by atoms with van der Waals surface area (Å²) in [4.78, 5) is 4.03. The fourth-order valence-corrected chi connectivity index (χ4v) is 1.57. The van der Waals surface area contributed by atoms with Gasteiger partial charge in [0.15, 0.2) is 0 Å². The molecule has 13 heavy (non-hydrogen) atoms. The summed E-state index contributed by atoms with van der Waals surface area (Å²) in [5, 5.41) is 0. The van der Waals surface area contributed by atoms with E-state index in [1.807, 2.05) is 6.07 Å². The van der Waals surface area contributed by atoms with E-state index in [0.29, 0.717) is 0 Å². The Morgan fingerprint density at radius 2 is 2.31 bits per heavy atom. The second-order valence-corrected chi connectivity index (χ2v) is 3.79. The van der Waals surface area contributed by atoms with Crippen molar-refractivity contribution in [1.82, 2.24) is 4.98 Å². The maximum absolute atomic E-state index is 6.02. The molecule has 4 N–H and O–H groups in total. The van der Waals surface area contributed by atoms with Gasteiger partial charge in [-0.15, -0.1) is 0 Å². The number of nitrogens with two attached hydrogens (primary N) is 2. The summed E-state index contributed by atoms with van der Waals surface area (Å²) in [7, 11) is 0. The van der Waals surface area contributed by atoms with E-state index >= 15 is 0 Å². The zero-order valence-electron chi connectivity index (χ0n) is 7.61. The molecule has 1 aliphatic carbocycles. The first-order chi connectivity index (χ1) is 6.27. The van der Waals surface area contributed by atoms with Crippen molar-refractivity contribution in [3.05, 3.63) is 24.0 Å². The molecular formula is C10H15N3. The van der Waals surface area contributed by atoms with Crippen LogP contribution >= 0.6 is 0 Å². The predicted molar refractivity (Wildman–Crippen MR) is 52.9 cm³/mol. The highest BCUT2D eigenvalue weighted by Gasteiger charge is 2.25. The maximum atomic E-state index is 6.02. The lowest BCUT2D eigenvalue weighted by Crippen LogP contribution is -2.13. The molecule has 1 atom stereocenters. The van der Waals surface area contributed by atoms with E-state index in [9.17, 15) is 0 Å². The van der Waals surface area contributed by atoms with Gasteiger partial charge in [0.1, 0.15) is 0 Å². The summed E-state index contributed by atoms with van der Waals surface area (Å²) in [6.07, 6.45) is 7.18. The van der Waals surface area contributed by atoms with Gasteiger partial charge in [0.2, 0.25) is 0 Å². The van der Waals surface area contributed by atoms with E-state index < -0.39 is 0 Å². The molecular weight excluding hydrogens is 162 g/mol. The number of aromatic nitrogens is 1. The van der Waals surface area contributed by atoms with Gasteiger partial charge in [0.25, 0.3) is 0 Å². The average Bonchev–Trinajstić information content (AvgIpc) is 2.89. The summed E-state index contributed by atoms with van der Waals surface area (Å²) >= 11 is 0. The van der Waals surface area contributed by atoms with Crippen LogP contribution in [0.5, 0.6) is 0 Å². The number of anilines is 1. The highest BCUT2D eigenvalue weighted by Crippen LogP contribution is 2.37. The van der Waals surface area contributed by atoms with Crippen LogP contribution in [0, 0.1) is 5.92 Å². The van der Waals surface area contributed by atoms with Crippen LogP contribution in [0.2, 0.25) is 0 Å². The standard InChI is InChI=1S/C10H15N3/c11-9-3-4-13-6-8(9)10(12)5-7-1-2-7/h3-4,6-7,10H,1-2,5,12H2,(H2,11,13). The lowest BCUT2D eigenvalue weighted by atomic mass is 10.0. The Balaban J connectivity index is 2.09. The summed E-state index contributed by atoms with van der Waals surface area (Å²) in [5.74, 6) is 0.828. The molecule has 3 nitrogen and oxygen atoms in total. The highest BCUT2D eigenvalue weighted by atomic mass is 14.7. The monoisotopic (exact) mass is 177 g/mol. The third-order valence-electron chi connectivity index (χ3n) is 2.57. The highest BCUT2D eigenvalue weighted by molar-refractivity contribution is 5.46. The largest absolute Gasteiger partial charge is 0.398 e. The fraction of sp³-hybridized carbons (Fsp3) is 0.500. The quantitative estimate of drug-likeness (QED) is 0.734. The molecule has 0 amide bonds. The normalized spacial score (nSPS) is 18.5. The zero-order chi connectivity index (χ0) is 9.26. The minimum Gasteiger partial charge on any atom is -0.398 e. The molecule has 0 bridgehead atoms.